The van der Waals surface area contributed by atoms with Crippen molar-refractivity contribution >= 4 is 11.6 Å². The van der Waals surface area contributed by atoms with Crippen molar-refractivity contribution in [3.05, 3.63) is 35.2 Å². The molecule has 2 rings (SSSR count). The molecule has 1 aromatic carbocycles. The molecule has 1 heterocycles. The Kier molecular flexibility index (Phi) is 3.76. The van der Waals surface area contributed by atoms with Crippen molar-refractivity contribution in [2.75, 3.05) is 0 Å². The van der Waals surface area contributed by atoms with Crippen molar-refractivity contribution in [2.24, 2.45) is 5.73 Å². The average Bonchev–Trinajstić information content (AvgIpc) is 2.75. The lowest BCUT2D eigenvalue weighted by atomic mass is 10.2. The molecule has 0 amide bonds. The van der Waals surface area contributed by atoms with Crippen LogP contribution < -0.4 is 5.73 Å². The van der Waals surface area contributed by atoms with E-state index in [2.05, 4.69) is 10.1 Å². The third-order valence-corrected chi connectivity index (χ3v) is 2.60. The molecular weight excluding hydrogens is 238 g/mol. The summed E-state index contributed by atoms with van der Waals surface area (Å²) >= 11 is 5.90. The molecule has 0 bridgehead atoms. The molecule has 5 heteroatoms. The van der Waals surface area contributed by atoms with Crippen LogP contribution in [0.2, 0.25) is 5.02 Å². The van der Waals surface area contributed by atoms with Crippen molar-refractivity contribution in [3.63, 3.8) is 0 Å². The molecule has 1 atom stereocenters. The zero-order valence-corrected chi connectivity index (χ0v) is 10.3. The summed E-state index contributed by atoms with van der Waals surface area (Å²) in [4.78, 5) is 4.30. The van der Waals surface area contributed by atoms with Crippen LogP contribution in [0.3, 0.4) is 0 Å². The molecule has 0 aliphatic heterocycles. The topological polar surface area (TPSA) is 64.9 Å². The maximum atomic E-state index is 5.90. The number of aryl methyl sites for hydroxylation is 1. The van der Waals surface area contributed by atoms with Crippen molar-refractivity contribution < 1.29 is 4.52 Å². The van der Waals surface area contributed by atoms with E-state index in [4.69, 9.17) is 21.9 Å². The van der Waals surface area contributed by atoms with Crippen LogP contribution in [0.25, 0.3) is 11.4 Å². The van der Waals surface area contributed by atoms with E-state index < -0.39 is 0 Å². The Morgan fingerprint density at radius 1 is 1.47 bits per heavy atom. The molecule has 0 aliphatic carbocycles. The summed E-state index contributed by atoms with van der Waals surface area (Å²) in [5, 5.41) is 4.58. The standard InChI is InChI=1S/C12H14ClN3O/c1-8(14)5-6-11-15-12(16-17-11)9-3-2-4-10(13)7-9/h2-4,7-8H,5-6,14H2,1H3. The Bertz CT molecular complexity index is 496. The summed E-state index contributed by atoms with van der Waals surface area (Å²) in [6.45, 7) is 1.95. The van der Waals surface area contributed by atoms with Crippen LogP contribution in [0.4, 0.5) is 0 Å². The van der Waals surface area contributed by atoms with Crippen LogP contribution in [-0.2, 0) is 6.42 Å². The molecular formula is C12H14ClN3O. The van der Waals surface area contributed by atoms with Crippen LogP contribution in [0.1, 0.15) is 19.2 Å². The highest BCUT2D eigenvalue weighted by Crippen LogP contribution is 2.20. The summed E-state index contributed by atoms with van der Waals surface area (Å²) in [5.74, 6) is 1.17. The number of hydrogen-bond donors (Lipinski definition) is 1. The van der Waals surface area contributed by atoms with Gasteiger partial charge in [0.05, 0.1) is 0 Å². The van der Waals surface area contributed by atoms with Gasteiger partial charge in [0, 0.05) is 23.0 Å². The maximum absolute atomic E-state index is 5.90. The molecule has 0 aliphatic rings. The van der Waals surface area contributed by atoms with Gasteiger partial charge in [-0.15, -0.1) is 0 Å². The van der Waals surface area contributed by atoms with Crippen molar-refractivity contribution in [1.82, 2.24) is 10.1 Å². The smallest absolute Gasteiger partial charge is 0.227 e. The second kappa shape index (κ2) is 5.29. The van der Waals surface area contributed by atoms with Gasteiger partial charge in [-0.1, -0.05) is 28.9 Å². The van der Waals surface area contributed by atoms with Gasteiger partial charge in [0.25, 0.3) is 0 Å². The van der Waals surface area contributed by atoms with Crippen LogP contribution >= 0.6 is 11.6 Å². The summed E-state index contributed by atoms with van der Waals surface area (Å²) in [7, 11) is 0. The monoisotopic (exact) mass is 251 g/mol. The molecule has 90 valence electrons. The highest BCUT2D eigenvalue weighted by atomic mass is 35.5. The highest BCUT2D eigenvalue weighted by molar-refractivity contribution is 6.30. The lowest BCUT2D eigenvalue weighted by Crippen LogP contribution is -2.15. The number of nitrogens with zero attached hydrogens (tertiary/aromatic N) is 2. The van der Waals surface area contributed by atoms with Gasteiger partial charge in [0.15, 0.2) is 0 Å². The number of rotatable bonds is 4. The second-order valence-corrected chi connectivity index (χ2v) is 4.47. The fourth-order valence-corrected chi connectivity index (χ4v) is 1.64. The summed E-state index contributed by atoms with van der Waals surface area (Å²) in [5.41, 5.74) is 6.53. The van der Waals surface area contributed by atoms with E-state index in [9.17, 15) is 0 Å². The van der Waals surface area contributed by atoms with Crippen molar-refractivity contribution in [1.29, 1.82) is 0 Å². The van der Waals surface area contributed by atoms with Crippen LogP contribution in [0.15, 0.2) is 28.8 Å². The molecule has 0 saturated carbocycles. The van der Waals surface area contributed by atoms with E-state index in [1.165, 1.54) is 0 Å². The first-order chi connectivity index (χ1) is 8.15. The van der Waals surface area contributed by atoms with E-state index >= 15 is 0 Å². The Morgan fingerprint density at radius 3 is 3.00 bits per heavy atom. The fraction of sp³-hybridized carbons (Fsp3) is 0.333. The number of nitrogens with two attached hydrogens (primary N) is 1. The second-order valence-electron chi connectivity index (χ2n) is 4.04. The highest BCUT2D eigenvalue weighted by Gasteiger charge is 2.09. The SMILES string of the molecule is CC(N)CCc1nc(-c2cccc(Cl)c2)no1. The first-order valence-electron chi connectivity index (χ1n) is 5.49. The Labute approximate surface area is 105 Å². The molecule has 4 nitrogen and oxygen atoms in total. The summed E-state index contributed by atoms with van der Waals surface area (Å²) < 4.78 is 5.15. The van der Waals surface area contributed by atoms with Crippen LogP contribution in [-0.4, -0.2) is 16.2 Å². The largest absolute Gasteiger partial charge is 0.339 e. The molecule has 0 spiro atoms. The molecule has 1 aromatic heterocycles. The minimum atomic E-state index is 0.136. The van der Waals surface area contributed by atoms with E-state index in [1.54, 1.807) is 0 Å². The number of benzene rings is 1. The Balaban J connectivity index is 2.12. The number of hydrogen-bond acceptors (Lipinski definition) is 4. The predicted molar refractivity (Wildman–Crippen MR) is 66.7 cm³/mol. The van der Waals surface area contributed by atoms with E-state index in [-0.39, 0.29) is 6.04 Å². The lowest BCUT2D eigenvalue weighted by Gasteiger charge is -1.99. The molecule has 2 aromatic rings. The van der Waals surface area contributed by atoms with Gasteiger partial charge in [-0.05, 0) is 25.5 Å². The van der Waals surface area contributed by atoms with Crippen LogP contribution in [0.5, 0.6) is 0 Å². The van der Waals surface area contributed by atoms with Gasteiger partial charge in [0.1, 0.15) is 0 Å². The van der Waals surface area contributed by atoms with Gasteiger partial charge in [-0.3, -0.25) is 0 Å². The number of aromatic nitrogens is 2. The van der Waals surface area contributed by atoms with Gasteiger partial charge in [0.2, 0.25) is 11.7 Å². The molecule has 2 N–H and O–H groups in total. The Morgan fingerprint density at radius 2 is 2.29 bits per heavy atom. The van der Waals surface area contributed by atoms with Crippen LogP contribution in [0, 0.1) is 0 Å². The van der Waals surface area contributed by atoms with Gasteiger partial charge >= 0.3 is 0 Å². The Hall–Kier alpha value is -1.39. The summed E-state index contributed by atoms with van der Waals surface area (Å²) in [6.07, 6.45) is 1.53. The lowest BCUT2D eigenvalue weighted by molar-refractivity contribution is 0.372. The van der Waals surface area contributed by atoms with Gasteiger partial charge in [-0.2, -0.15) is 4.98 Å². The zero-order chi connectivity index (χ0) is 12.3. The minimum Gasteiger partial charge on any atom is -0.339 e. The third kappa shape index (κ3) is 3.28. The van der Waals surface area contributed by atoms with Crippen molar-refractivity contribution in [2.45, 2.75) is 25.8 Å². The minimum absolute atomic E-state index is 0.136. The summed E-state index contributed by atoms with van der Waals surface area (Å²) in [6, 6.07) is 7.50. The van der Waals surface area contributed by atoms with Crippen molar-refractivity contribution in [3.8, 4) is 11.4 Å². The molecule has 1 unspecified atom stereocenters. The quantitative estimate of drug-likeness (QED) is 0.907. The number of halogens is 1. The third-order valence-electron chi connectivity index (χ3n) is 2.36. The molecule has 17 heavy (non-hydrogen) atoms. The van der Waals surface area contributed by atoms with Gasteiger partial charge in [-0.25, -0.2) is 0 Å². The first-order valence-corrected chi connectivity index (χ1v) is 5.87. The average molecular weight is 252 g/mol. The maximum Gasteiger partial charge on any atom is 0.227 e. The van der Waals surface area contributed by atoms with Gasteiger partial charge < -0.3 is 10.3 Å². The molecule has 0 radical (unpaired) electrons. The predicted octanol–water partition coefficient (Wildman–Crippen LogP) is 2.67. The fourth-order valence-electron chi connectivity index (χ4n) is 1.45. The van der Waals surface area contributed by atoms with E-state index in [0.717, 1.165) is 12.0 Å². The van der Waals surface area contributed by atoms with E-state index in [1.807, 2.05) is 31.2 Å². The molecule has 0 fully saturated rings. The molecule has 0 saturated heterocycles. The van der Waals surface area contributed by atoms with E-state index in [0.29, 0.717) is 23.2 Å². The normalized spacial score (nSPS) is 12.6. The first kappa shape index (κ1) is 12.1. The zero-order valence-electron chi connectivity index (χ0n) is 9.56.